The third-order valence-electron chi connectivity index (χ3n) is 3.42. The van der Waals surface area contributed by atoms with Gasteiger partial charge in [-0.2, -0.15) is 0 Å². The Bertz CT molecular complexity index is 647. The molecule has 1 aliphatic heterocycles. The molecule has 2 atom stereocenters. The fourth-order valence-electron chi connectivity index (χ4n) is 2.42. The lowest BCUT2D eigenvalue weighted by Gasteiger charge is -2.12. The first-order valence-corrected chi connectivity index (χ1v) is 6.69. The first-order valence-electron chi connectivity index (χ1n) is 6.69. The van der Waals surface area contributed by atoms with Gasteiger partial charge in [0.05, 0.1) is 6.10 Å². The minimum Gasteiger partial charge on any atom is -0.441 e. The Labute approximate surface area is 140 Å². The fraction of sp³-hybridized carbons (Fsp3) is 0.429. The van der Waals surface area contributed by atoms with Crippen LogP contribution >= 0.6 is 24.8 Å². The number of fused-ring (bicyclic) bond motifs is 1. The monoisotopic (exact) mass is 347 g/mol. The Hall–Kier alpha value is -1.34. The predicted octanol–water partition coefficient (Wildman–Crippen LogP) is 2.42. The molecule has 1 aliphatic rings. The van der Waals surface area contributed by atoms with Crippen LogP contribution in [-0.2, 0) is 9.53 Å². The molecular formula is C14H19Cl2N3O3. The SMILES string of the molecule is Cc1nc2cc(NC(=O)[C@@H]3CC[C@H](CN)O3)ccc2o1.Cl.Cl. The number of aryl methyl sites for hydroxylation is 1. The van der Waals surface area contributed by atoms with Crippen LogP contribution in [0.2, 0.25) is 0 Å². The number of oxazole rings is 1. The van der Waals surface area contributed by atoms with E-state index in [1.54, 1.807) is 25.1 Å². The van der Waals surface area contributed by atoms with Gasteiger partial charge in [-0.15, -0.1) is 24.8 Å². The minimum atomic E-state index is -0.418. The molecule has 3 N–H and O–H groups in total. The lowest BCUT2D eigenvalue weighted by molar-refractivity contribution is -0.126. The highest BCUT2D eigenvalue weighted by atomic mass is 35.5. The van der Waals surface area contributed by atoms with Gasteiger partial charge < -0.3 is 20.2 Å². The first kappa shape index (κ1) is 18.7. The molecule has 1 aromatic carbocycles. The summed E-state index contributed by atoms with van der Waals surface area (Å²) in [4.78, 5) is 16.3. The number of rotatable bonds is 3. The van der Waals surface area contributed by atoms with Gasteiger partial charge in [-0.25, -0.2) is 4.98 Å². The molecule has 2 aromatic rings. The molecule has 1 amide bonds. The van der Waals surface area contributed by atoms with Crippen LogP contribution in [0.3, 0.4) is 0 Å². The van der Waals surface area contributed by atoms with E-state index in [1.807, 2.05) is 0 Å². The van der Waals surface area contributed by atoms with Crippen LogP contribution in [0.15, 0.2) is 22.6 Å². The van der Waals surface area contributed by atoms with E-state index in [-0.39, 0.29) is 36.8 Å². The van der Waals surface area contributed by atoms with E-state index in [2.05, 4.69) is 10.3 Å². The summed E-state index contributed by atoms with van der Waals surface area (Å²) < 4.78 is 11.0. The average molecular weight is 348 g/mol. The fourth-order valence-corrected chi connectivity index (χ4v) is 2.42. The number of aromatic nitrogens is 1. The summed E-state index contributed by atoms with van der Waals surface area (Å²) in [6.07, 6.45) is 1.11. The molecule has 0 bridgehead atoms. The Morgan fingerprint density at radius 2 is 2.18 bits per heavy atom. The van der Waals surface area contributed by atoms with Gasteiger partial charge in [0.15, 0.2) is 11.5 Å². The molecule has 8 heteroatoms. The molecule has 0 aliphatic carbocycles. The van der Waals surface area contributed by atoms with Crippen LogP contribution in [0.25, 0.3) is 11.1 Å². The maximum Gasteiger partial charge on any atom is 0.253 e. The van der Waals surface area contributed by atoms with Crippen molar-refractivity contribution in [1.29, 1.82) is 0 Å². The zero-order valence-corrected chi connectivity index (χ0v) is 13.7. The Balaban J connectivity index is 0.00000121. The second-order valence-corrected chi connectivity index (χ2v) is 4.96. The second-order valence-electron chi connectivity index (χ2n) is 4.96. The first-order chi connectivity index (χ1) is 9.65. The van der Waals surface area contributed by atoms with Crippen LogP contribution in [0.4, 0.5) is 5.69 Å². The van der Waals surface area contributed by atoms with Crippen LogP contribution in [0.5, 0.6) is 0 Å². The molecular weight excluding hydrogens is 329 g/mol. The standard InChI is InChI=1S/C14H17N3O3.2ClH/c1-8-16-11-6-9(2-4-12(11)19-8)17-14(18)13-5-3-10(7-15)20-13;;/h2,4,6,10,13H,3,5,7,15H2,1H3,(H,17,18);2*1H/t10-,13+;;/m1../s1. The van der Waals surface area contributed by atoms with Gasteiger partial charge in [-0.05, 0) is 31.0 Å². The van der Waals surface area contributed by atoms with Crippen molar-refractivity contribution >= 4 is 47.5 Å². The molecule has 0 saturated carbocycles. The lowest BCUT2D eigenvalue weighted by atomic mass is 10.2. The number of nitrogens with zero attached hydrogens (tertiary/aromatic N) is 1. The van der Waals surface area contributed by atoms with Crippen molar-refractivity contribution in [2.45, 2.75) is 32.0 Å². The number of halogens is 2. The molecule has 22 heavy (non-hydrogen) atoms. The molecule has 122 valence electrons. The number of nitrogens with two attached hydrogens (primary N) is 1. The van der Waals surface area contributed by atoms with Crippen molar-refractivity contribution in [3.05, 3.63) is 24.1 Å². The minimum absolute atomic E-state index is 0. The zero-order chi connectivity index (χ0) is 14.1. The summed E-state index contributed by atoms with van der Waals surface area (Å²) in [5.41, 5.74) is 7.67. The number of benzene rings is 1. The number of hydrogen-bond acceptors (Lipinski definition) is 5. The van der Waals surface area contributed by atoms with E-state index >= 15 is 0 Å². The Morgan fingerprint density at radius 1 is 1.41 bits per heavy atom. The molecule has 1 fully saturated rings. The normalized spacial score (nSPS) is 20.3. The highest BCUT2D eigenvalue weighted by Crippen LogP contribution is 2.23. The lowest BCUT2D eigenvalue weighted by Crippen LogP contribution is -2.29. The van der Waals surface area contributed by atoms with Crippen LogP contribution < -0.4 is 11.1 Å². The molecule has 1 saturated heterocycles. The van der Waals surface area contributed by atoms with Crippen molar-refractivity contribution < 1.29 is 13.9 Å². The molecule has 0 spiro atoms. The summed E-state index contributed by atoms with van der Waals surface area (Å²) in [7, 11) is 0. The van der Waals surface area contributed by atoms with Gasteiger partial charge in [-0.3, -0.25) is 4.79 Å². The van der Waals surface area contributed by atoms with Gasteiger partial charge in [0.2, 0.25) is 0 Å². The number of ether oxygens (including phenoxy) is 1. The molecule has 0 radical (unpaired) electrons. The van der Waals surface area contributed by atoms with Crippen molar-refractivity contribution in [2.75, 3.05) is 11.9 Å². The molecule has 1 aromatic heterocycles. The summed E-state index contributed by atoms with van der Waals surface area (Å²) in [6.45, 7) is 2.24. The van der Waals surface area contributed by atoms with E-state index in [4.69, 9.17) is 14.9 Å². The maximum absolute atomic E-state index is 12.1. The molecule has 6 nitrogen and oxygen atoms in total. The second kappa shape index (κ2) is 7.78. The van der Waals surface area contributed by atoms with Crippen LogP contribution in [0, 0.1) is 6.92 Å². The quantitative estimate of drug-likeness (QED) is 0.889. The van der Waals surface area contributed by atoms with E-state index in [0.717, 1.165) is 11.9 Å². The summed E-state index contributed by atoms with van der Waals surface area (Å²) in [5.74, 6) is 0.467. The molecule has 0 unspecified atom stereocenters. The summed E-state index contributed by atoms with van der Waals surface area (Å²) in [6, 6.07) is 5.38. The maximum atomic E-state index is 12.1. The highest BCUT2D eigenvalue weighted by molar-refractivity contribution is 5.95. The summed E-state index contributed by atoms with van der Waals surface area (Å²) in [5, 5.41) is 2.84. The number of amides is 1. The van der Waals surface area contributed by atoms with E-state index in [1.165, 1.54) is 0 Å². The van der Waals surface area contributed by atoms with Crippen molar-refractivity contribution in [2.24, 2.45) is 5.73 Å². The van der Waals surface area contributed by atoms with Gasteiger partial charge in [0.25, 0.3) is 5.91 Å². The third kappa shape index (κ3) is 3.89. The number of carbonyl (C=O) groups excluding carboxylic acids is 1. The predicted molar refractivity (Wildman–Crippen MR) is 88.8 cm³/mol. The average Bonchev–Trinajstić information content (AvgIpc) is 3.03. The van der Waals surface area contributed by atoms with Crippen molar-refractivity contribution in [1.82, 2.24) is 4.98 Å². The number of anilines is 1. The third-order valence-corrected chi connectivity index (χ3v) is 3.42. The van der Waals surface area contributed by atoms with E-state index in [0.29, 0.717) is 30.1 Å². The van der Waals surface area contributed by atoms with Gasteiger partial charge >= 0.3 is 0 Å². The van der Waals surface area contributed by atoms with Crippen LogP contribution in [-0.4, -0.2) is 29.6 Å². The van der Waals surface area contributed by atoms with E-state index in [9.17, 15) is 4.79 Å². The van der Waals surface area contributed by atoms with Crippen molar-refractivity contribution in [3.63, 3.8) is 0 Å². The topological polar surface area (TPSA) is 90.4 Å². The van der Waals surface area contributed by atoms with E-state index < -0.39 is 6.10 Å². The molecule has 3 rings (SSSR count). The molecule has 2 heterocycles. The zero-order valence-electron chi connectivity index (χ0n) is 12.1. The number of hydrogen-bond donors (Lipinski definition) is 2. The van der Waals surface area contributed by atoms with Gasteiger partial charge in [-0.1, -0.05) is 0 Å². The highest BCUT2D eigenvalue weighted by Gasteiger charge is 2.29. The Morgan fingerprint density at radius 3 is 2.86 bits per heavy atom. The van der Waals surface area contributed by atoms with Gasteiger partial charge in [0.1, 0.15) is 11.6 Å². The number of carbonyl (C=O) groups is 1. The van der Waals surface area contributed by atoms with Crippen LogP contribution in [0.1, 0.15) is 18.7 Å². The van der Waals surface area contributed by atoms with Crippen molar-refractivity contribution in [3.8, 4) is 0 Å². The largest absolute Gasteiger partial charge is 0.441 e. The number of nitrogens with one attached hydrogen (secondary N) is 1. The Kier molecular flexibility index (Phi) is 6.62. The summed E-state index contributed by atoms with van der Waals surface area (Å²) >= 11 is 0. The smallest absolute Gasteiger partial charge is 0.253 e. The van der Waals surface area contributed by atoms with Gasteiger partial charge in [0, 0.05) is 19.2 Å².